The van der Waals surface area contributed by atoms with Gasteiger partial charge in [-0.05, 0) is 40.2 Å². The molecule has 0 bridgehead atoms. The van der Waals surface area contributed by atoms with Gasteiger partial charge in [0.15, 0.2) is 0 Å². The molecule has 0 atom stereocenters. The van der Waals surface area contributed by atoms with Crippen molar-refractivity contribution < 1.29 is 14.3 Å². The SMILES string of the molecule is C#CCOC(=C/C)/C(=C\C)COC(=O)NCC/C(C)=C/C. The molecule has 0 saturated carbocycles. The van der Waals surface area contributed by atoms with E-state index in [0.29, 0.717) is 12.3 Å². The highest BCUT2D eigenvalue weighted by atomic mass is 16.5. The lowest BCUT2D eigenvalue weighted by atomic mass is 10.2. The van der Waals surface area contributed by atoms with Gasteiger partial charge in [0.05, 0.1) is 0 Å². The second kappa shape index (κ2) is 11.7. The van der Waals surface area contributed by atoms with E-state index in [1.165, 1.54) is 5.57 Å². The number of terminal acetylenes is 1. The van der Waals surface area contributed by atoms with E-state index in [1.54, 1.807) is 6.08 Å². The van der Waals surface area contributed by atoms with Crippen LogP contribution < -0.4 is 5.32 Å². The van der Waals surface area contributed by atoms with E-state index in [2.05, 4.69) is 11.2 Å². The summed E-state index contributed by atoms with van der Waals surface area (Å²) < 4.78 is 10.6. The summed E-state index contributed by atoms with van der Waals surface area (Å²) in [5.41, 5.74) is 2.01. The highest BCUT2D eigenvalue weighted by Gasteiger charge is 2.08. The molecule has 0 aromatic heterocycles. The van der Waals surface area contributed by atoms with E-state index < -0.39 is 6.09 Å². The van der Waals surface area contributed by atoms with Gasteiger partial charge in [0.1, 0.15) is 19.0 Å². The Morgan fingerprint density at radius 1 is 1.19 bits per heavy atom. The van der Waals surface area contributed by atoms with E-state index >= 15 is 0 Å². The van der Waals surface area contributed by atoms with Crippen molar-refractivity contribution in [2.45, 2.75) is 34.1 Å². The maximum Gasteiger partial charge on any atom is 0.407 e. The molecular formula is C17H25NO3. The molecule has 0 unspecified atom stereocenters. The Morgan fingerprint density at radius 2 is 1.90 bits per heavy atom. The van der Waals surface area contributed by atoms with E-state index in [-0.39, 0.29) is 13.2 Å². The number of nitrogens with one attached hydrogen (secondary N) is 1. The molecule has 0 rings (SSSR count). The normalized spacial score (nSPS) is 12.6. The summed E-state index contributed by atoms with van der Waals surface area (Å²) in [6.45, 7) is 8.59. The van der Waals surface area contributed by atoms with Crippen molar-refractivity contribution in [3.63, 3.8) is 0 Å². The molecule has 1 N–H and O–H groups in total. The van der Waals surface area contributed by atoms with Crippen LogP contribution >= 0.6 is 0 Å². The first-order valence-electron chi connectivity index (χ1n) is 6.99. The number of carbonyl (C=O) groups is 1. The highest BCUT2D eigenvalue weighted by Crippen LogP contribution is 2.12. The third kappa shape index (κ3) is 8.59. The van der Waals surface area contributed by atoms with Crippen LogP contribution in [0.15, 0.2) is 35.1 Å². The predicted octanol–water partition coefficient (Wildman–Crippen LogP) is 3.57. The van der Waals surface area contributed by atoms with Gasteiger partial charge in [-0.15, -0.1) is 6.42 Å². The van der Waals surface area contributed by atoms with Crippen molar-refractivity contribution in [1.29, 1.82) is 0 Å². The molecule has 0 fully saturated rings. The Bertz CT molecular complexity index is 453. The van der Waals surface area contributed by atoms with Crippen LogP contribution in [0.4, 0.5) is 4.79 Å². The van der Waals surface area contributed by atoms with Crippen LogP contribution in [0, 0.1) is 12.3 Å². The van der Waals surface area contributed by atoms with Gasteiger partial charge in [0.25, 0.3) is 0 Å². The van der Waals surface area contributed by atoms with Gasteiger partial charge in [-0.1, -0.05) is 23.6 Å². The molecular weight excluding hydrogens is 266 g/mol. The fraction of sp³-hybridized carbons (Fsp3) is 0.471. The third-order valence-corrected chi connectivity index (χ3v) is 2.88. The molecule has 0 radical (unpaired) electrons. The zero-order valence-electron chi connectivity index (χ0n) is 13.4. The average Bonchev–Trinajstić information content (AvgIpc) is 2.50. The molecule has 0 spiro atoms. The van der Waals surface area contributed by atoms with Gasteiger partial charge in [0.2, 0.25) is 0 Å². The molecule has 4 heteroatoms. The van der Waals surface area contributed by atoms with Gasteiger partial charge in [0, 0.05) is 12.1 Å². The zero-order valence-corrected chi connectivity index (χ0v) is 13.4. The van der Waals surface area contributed by atoms with Crippen LogP contribution in [0.5, 0.6) is 0 Å². The number of amides is 1. The Labute approximate surface area is 127 Å². The minimum absolute atomic E-state index is 0.148. The summed E-state index contributed by atoms with van der Waals surface area (Å²) in [6.07, 6.45) is 11.2. The van der Waals surface area contributed by atoms with E-state index in [9.17, 15) is 4.79 Å². The number of ether oxygens (including phenoxy) is 2. The molecule has 0 aliphatic carbocycles. The fourth-order valence-electron chi connectivity index (χ4n) is 1.48. The topological polar surface area (TPSA) is 47.6 Å². The number of alkyl carbamates (subject to hydrolysis) is 1. The van der Waals surface area contributed by atoms with E-state index in [1.807, 2.05) is 39.8 Å². The van der Waals surface area contributed by atoms with Crippen molar-refractivity contribution in [3.8, 4) is 12.3 Å². The van der Waals surface area contributed by atoms with Crippen LogP contribution in [0.1, 0.15) is 34.1 Å². The summed E-state index contributed by atoms with van der Waals surface area (Å²) in [5.74, 6) is 3.04. The van der Waals surface area contributed by atoms with E-state index in [4.69, 9.17) is 15.9 Å². The maximum absolute atomic E-state index is 11.6. The van der Waals surface area contributed by atoms with Gasteiger partial charge in [-0.25, -0.2) is 4.79 Å². The van der Waals surface area contributed by atoms with Gasteiger partial charge < -0.3 is 14.8 Å². The van der Waals surface area contributed by atoms with Crippen molar-refractivity contribution in [3.05, 3.63) is 35.1 Å². The highest BCUT2D eigenvalue weighted by molar-refractivity contribution is 5.67. The average molecular weight is 291 g/mol. The van der Waals surface area contributed by atoms with E-state index in [0.717, 1.165) is 12.0 Å². The summed E-state index contributed by atoms with van der Waals surface area (Å²) in [7, 11) is 0. The quantitative estimate of drug-likeness (QED) is 0.322. The standard InChI is InChI=1S/C17H25NO3/c1-6-12-20-16(9-4)15(8-3)13-21-17(19)18-11-10-14(5)7-2/h1,7-9H,10-13H2,2-5H3,(H,18,19)/b14-7+,15-8-,16-9+. The van der Waals surface area contributed by atoms with Crippen LogP contribution in [-0.4, -0.2) is 25.9 Å². The second-order valence-electron chi connectivity index (χ2n) is 4.35. The first kappa shape index (κ1) is 18.9. The van der Waals surface area contributed by atoms with Crippen molar-refractivity contribution >= 4 is 6.09 Å². The largest absolute Gasteiger partial charge is 0.481 e. The van der Waals surface area contributed by atoms with Crippen molar-refractivity contribution in [1.82, 2.24) is 5.32 Å². The Hall–Kier alpha value is -2.15. The number of carbonyl (C=O) groups excluding carboxylic acids is 1. The molecule has 0 aromatic carbocycles. The van der Waals surface area contributed by atoms with Crippen LogP contribution in [0.3, 0.4) is 0 Å². The molecule has 1 amide bonds. The molecule has 0 aliphatic heterocycles. The monoisotopic (exact) mass is 291 g/mol. The predicted molar refractivity (Wildman–Crippen MR) is 85.7 cm³/mol. The van der Waals surface area contributed by atoms with Crippen LogP contribution in [0.2, 0.25) is 0 Å². The molecule has 0 heterocycles. The van der Waals surface area contributed by atoms with Gasteiger partial charge in [-0.3, -0.25) is 0 Å². The summed E-state index contributed by atoms with van der Waals surface area (Å²) >= 11 is 0. The molecule has 0 saturated heterocycles. The summed E-state index contributed by atoms with van der Waals surface area (Å²) in [6, 6.07) is 0. The lowest BCUT2D eigenvalue weighted by Gasteiger charge is -2.13. The summed E-state index contributed by atoms with van der Waals surface area (Å²) in [5, 5.41) is 2.71. The lowest BCUT2D eigenvalue weighted by Crippen LogP contribution is -2.26. The summed E-state index contributed by atoms with van der Waals surface area (Å²) in [4.78, 5) is 11.6. The van der Waals surface area contributed by atoms with Crippen LogP contribution in [-0.2, 0) is 9.47 Å². The molecule has 116 valence electrons. The lowest BCUT2D eigenvalue weighted by molar-refractivity contribution is 0.152. The second-order valence-corrected chi connectivity index (χ2v) is 4.35. The minimum atomic E-state index is -0.439. The van der Waals surface area contributed by atoms with Gasteiger partial charge >= 0.3 is 6.09 Å². The first-order valence-corrected chi connectivity index (χ1v) is 6.99. The Morgan fingerprint density at radius 3 is 2.43 bits per heavy atom. The Balaban J connectivity index is 4.22. The molecule has 4 nitrogen and oxygen atoms in total. The third-order valence-electron chi connectivity index (χ3n) is 2.88. The van der Waals surface area contributed by atoms with Crippen molar-refractivity contribution in [2.75, 3.05) is 19.8 Å². The van der Waals surface area contributed by atoms with Crippen LogP contribution in [0.25, 0.3) is 0 Å². The maximum atomic E-state index is 11.6. The minimum Gasteiger partial charge on any atom is -0.481 e. The number of hydrogen-bond donors (Lipinski definition) is 1. The fourth-order valence-corrected chi connectivity index (χ4v) is 1.48. The van der Waals surface area contributed by atoms with Crippen molar-refractivity contribution in [2.24, 2.45) is 0 Å². The molecule has 21 heavy (non-hydrogen) atoms. The zero-order chi connectivity index (χ0) is 16.1. The molecule has 0 aromatic rings. The van der Waals surface area contributed by atoms with Gasteiger partial charge in [-0.2, -0.15) is 0 Å². The first-order chi connectivity index (χ1) is 10.1. The molecule has 0 aliphatic rings. The Kier molecular flexibility index (Phi) is 10.5. The number of allylic oxidation sites excluding steroid dienone is 3. The smallest absolute Gasteiger partial charge is 0.407 e. The number of hydrogen-bond acceptors (Lipinski definition) is 3. The number of rotatable bonds is 8.